The number of hydrogen-bond donors (Lipinski definition) is 2. The van der Waals surface area contributed by atoms with Gasteiger partial charge in [0.2, 0.25) is 5.91 Å². The Morgan fingerprint density at radius 2 is 2.03 bits per heavy atom. The van der Waals surface area contributed by atoms with E-state index < -0.39 is 0 Å². The zero-order chi connectivity index (χ0) is 20.5. The van der Waals surface area contributed by atoms with Crippen molar-refractivity contribution in [3.05, 3.63) is 75.4 Å². The first kappa shape index (κ1) is 19.9. The highest BCUT2D eigenvalue weighted by molar-refractivity contribution is 6.36. The zero-order valence-electron chi connectivity index (χ0n) is 16.0. The number of halogens is 2. The van der Waals surface area contributed by atoms with E-state index in [0.717, 1.165) is 45.3 Å². The number of carbonyl (C=O) groups excluding carboxylic acids is 1. The maximum atomic E-state index is 11.4. The molecular formula is C23H21Cl2N3O. The Morgan fingerprint density at radius 3 is 2.79 bits per heavy atom. The van der Waals surface area contributed by atoms with Crippen molar-refractivity contribution >= 4 is 40.0 Å². The highest BCUT2D eigenvalue weighted by atomic mass is 35.5. The van der Waals surface area contributed by atoms with Crippen LogP contribution < -0.4 is 11.1 Å². The second-order valence-electron chi connectivity index (χ2n) is 7.35. The fourth-order valence-electron chi connectivity index (χ4n) is 3.97. The topological polar surface area (TPSA) is 68.0 Å². The van der Waals surface area contributed by atoms with Crippen LogP contribution in [0.1, 0.15) is 30.1 Å². The van der Waals surface area contributed by atoms with Crippen LogP contribution in [0.5, 0.6) is 0 Å². The number of aryl methyl sites for hydroxylation is 1. The molecule has 0 aliphatic carbocycles. The van der Waals surface area contributed by atoms with Crippen molar-refractivity contribution in [2.75, 3.05) is 6.54 Å². The fourth-order valence-corrected chi connectivity index (χ4v) is 4.48. The first-order valence-corrected chi connectivity index (χ1v) is 10.2. The Labute approximate surface area is 179 Å². The molecule has 2 aromatic carbocycles. The van der Waals surface area contributed by atoms with Gasteiger partial charge in [-0.15, -0.1) is 0 Å². The molecule has 3 aromatic rings. The molecule has 1 amide bonds. The molecule has 1 aromatic heterocycles. The second kappa shape index (κ2) is 8.15. The van der Waals surface area contributed by atoms with Crippen LogP contribution in [-0.2, 0) is 4.79 Å². The average molecular weight is 426 g/mol. The van der Waals surface area contributed by atoms with E-state index in [1.807, 2.05) is 31.2 Å². The van der Waals surface area contributed by atoms with E-state index in [1.54, 1.807) is 6.07 Å². The number of rotatable bonds is 4. The lowest BCUT2D eigenvalue weighted by Gasteiger charge is -2.26. The quantitative estimate of drug-likeness (QED) is 0.553. The van der Waals surface area contributed by atoms with Crippen LogP contribution in [0.4, 0.5) is 0 Å². The Morgan fingerprint density at radius 1 is 1.21 bits per heavy atom. The van der Waals surface area contributed by atoms with Crippen LogP contribution in [0.3, 0.4) is 0 Å². The third-order valence-electron chi connectivity index (χ3n) is 5.22. The van der Waals surface area contributed by atoms with Gasteiger partial charge in [0.15, 0.2) is 0 Å². The van der Waals surface area contributed by atoms with Gasteiger partial charge in [-0.05, 0) is 37.1 Å². The van der Waals surface area contributed by atoms with Gasteiger partial charge < -0.3 is 11.1 Å². The molecule has 1 aliphatic rings. The second-order valence-corrected chi connectivity index (χ2v) is 8.19. The molecule has 0 saturated heterocycles. The minimum absolute atomic E-state index is 0.0921. The van der Waals surface area contributed by atoms with E-state index in [9.17, 15) is 4.79 Å². The van der Waals surface area contributed by atoms with Gasteiger partial charge in [-0.2, -0.15) is 0 Å². The summed E-state index contributed by atoms with van der Waals surface area (Å²) >= 11 is 12.6. The number of nitrogens with zero attached hydrogens (tertiary/aromatic N) is 1. The zero-order valence-corrected chi connectivity index (χ0v) is 17.5. The predicted molar refractivity (Wildman–Crippen MR) is 119 cm³/mol. The van der Waals surface area contributed by atoms with Crippen LogP contribution in [-0.4, -0.2) is 17.4 Å². The Kier molecular flexibility index (Phi) is 5.59. The lowest BCUT2D eigenvalue weighted by Crippen LogP contribution is -2.27. The lowest BCUT2D eigenvalue weighted by atomic mass is 9.90. The van der Waals surface area contributed by atoms with Gasteiger partial charge in [-0.3, -0.25) is 9.78 Å². The van der Waals surface area contributed by atoms with Crippen molar-refractivity contribution in [2.24, 2.45) is 5.73 Å². The summed E-state index contributed by atoms with van der Waals surface area (Å²) in [5.74, 6) is -0.299. The number of pyridine rings is 1. The van der Waals surface area contributed by atoms with Gasteiger partial charge in [0.1, 0.15) is 0 Å². The summed E-state index contributed by atoms with van der Waals surface area (Å²) in [6, 6.07) is 13.8. The Hall–Kier alpha value is -2.40. The van der Waals surface area contributed by atoms with Crippen molar-refractivity contribution in [1.29, 1.82) is 0 Å². The van der Waals surface area contributed by atoms with Gasteiger partial charge in [0.05, 0.1) is 5.52 Å². The number of fused-ring (bicyclic) bond motifs is 1. The summed E-state index contributed by atoms with van der Waals surface area (Å²) in [4.78, 5) is 16.2. The van der Waals surface area contributed by atoms with Crippen molar-refractivity contribution < 1.29 is 4.79 Å². The largest absolute Gasteiger partial charge is 0.369 e. The predicted octanol–water partition coefficient (Wildman–Crippen LogP) is 5.35. The minimum Gasteiger partial charge on any atom is -0.369 e. The molecule has 1 atom stereocenters. The molecule has 1 aliphatic heterocycles. The van der Waals surface area contributed by atoms with Gasteiger partial charge >= 0.3 is 0 Å². The molecule has 0 saturated carbocycles. The number of nitrogens with two attached hydrogens (primary N) is 1. The molecule has 0 fully saturated rings. The van der Waals surface area contributed by atoms with Crippen molar-refractivity contribution in [2.45, 2.75) is 25.8 Å². The monoisotopic (exact) mass is 425 g/mol. The Balaban J connectivity index is 1.83. The third-order valence-corrected chi connectivity index (χ3v) is 5.77. The number of amides is 1. The van der Waals surface area contributed by atoms with Crippen molar-refractivity contribution in [3.63, 3.8) is 0 Å². The molecule has 4 rings (SSSR count). The van der Waals surface area contributed by atoms with E-state index in [1.165, 1.54) is 0 Å². The number of primary amides is 1. The summed E-state index contributed by atoms with van der Waals surface area (Å²) in [6.07, 6.45) is 3.09. The molecule has 0 radical (unpaired) electrons. The number of carbonyl (C=O) groups is 1. The number of hydrogen-bond acceptors (Lipinski definition) is 3. The maximum Gasteiger partial charge on any atom is 0.221 e. The van der Waals surface area contributed by atoms with Gasteiger partial charge in [-0.25, -0.2) is 0 Å². The molecule has 2 heterocycles. The average Bonchev–Trinajstić information content (AvgIpc) is 2.67. The molecule has 148 valence electrons. The fraction of sp³-hybridized carbons (Fsp3) is 0.217. The SMILES string of the molecule is Cc1cc(C2CC(CC(N)=O)=CCN2)c2cccc(-c3ccc(Cl)cc3Cl)c2n1. The number of nitrogens with one attached hydrogen (secondary N) is 1. The number of aromatic nitrogens is 1. The highest BCUT2D eigenvalue weighted by Crippen LogP contribution is 2.37. The van der Waals surface area contributed by atoms with E-state index >= 15 is 0 Å². The molecule has 1 unspecified atom stereocenters. The van der Waals surface area contributed by atoms with Crippen molar-refractivity contribution in [3.8, 4) is 11.1 Å². The molecule has 29 heavy (non-hydrogen) atoms. The molecule has 3 N–H and O–H groups in total. The Bertz CT molecular complexity index is 1140. The molecular weight excluding hydrogens is 405 g/mol. The normalized spacial score (nSPS) is 16.7. The third kappa shape index (κ3) is 4.15. The molecule has 4 nitrogen and oxygen atoms in total. The molecule has 6 heteroatoms. The van der Waals surface area contributed by atoms with Crippen LogP contribution in [0.25, 0.3) is 22.0 Å². The highest BCUT2D eigenvalue weighted by Gasteiger charge is 2.21. The van der Waals surface area contributed by atoms with E-state index in [-0.39, 0.29) is 11.9 Å². The van der Waals surface area contributed by atoms with E-state index in [2.05, 4.69) is 23.5 Å². The summed E-state index contributed by atoms with van der Waals surface area (Å²) in [7, 11) is 0. The molecule has 0 spiro atoms. The van der Waals surface area contributed by atoms with E-state index in [0.29, 0.717) is 23.0 Å². The van der Waals surface area contributed by atoms with Gasteiger partial charge in [0, 0.05) is 51.3 Å². The standard InChI is InChI=1S/C23H21Cl2N3O/c1-13-9-19(21-10-14(7-8-27-21)11-22(26)29)18-4-2-3-17(23(18)28-13)16-6-5-15(24)12-20(16)25/h2-7,9,12,21,27H,8,10-11H2,1H3,(H2,26,29). The summed E-state index contributed by atoms with van der Waals surface area (Å²) < 4.78 is 0. The van der Waals surface area contributed by atoms with Crippen LogP contribution in [0, 0.1) is 6.92 Å². The smallest absolute Gasteiger partial charge is 0.221 e. The minimum atomic E-state index is -0.299. The summed E-state index contributed by atoms with van der Waals surface area (Å²) in [6.45, 7) is 2.70. The van der Waals surface area contributed by atoms with Crippen LogP contribution >= 0.6 is 23.2 Å². The van der Waals surface area contributed by atoms with Crippen LogP contribution in [0.2, 0.25) is 10.0 Å². The van der Waals surface area contributed by atoms with Crippen LogP contribution in [0.15, 0.2) is 54.1 Å². The van der Waals surface area contributed by atoms with Crippen molar-refractivity contribution in [1.82, 2.24) is 10.3 Å². The first-order chi connectivity index (χ1) is 13.9. The number of benzene rings is 2. The summed E-state index contributed by atoms with van der Waals surface area (Å²) in [5.41, 5.74) is 11.3. The number of para-hydroxylation sites is 1. The van der Waals surface area contributed by atoms with Gasteiger partial charge in [0.25, 0.3) is 0 Å². The van der Waals surface area contributed by atoms with E-state index in [4.69, 9.17) is 33.9 Å². The van der Waals surface area contributed by atoms with Gasteiger partial charge in [-0.1, -0.05) is 59.1 Å². The lowest BCUT2D eigenvalue weighted by molar-refractivity contribution is -0.117. The summed E-state index contributed by atoms with van der Waals surface area (Å²) in [5, 5.41) is 5.80. The maximum absolute atomic E-state index is 11.4. The molecule has 0 bridgehead atoms. The first-order valence-electron chi connectivity index (χ1n) is 9.47.